The van der Waals surface area contributed by atoms with Crippen molar-refractivity contribution in [2.45, 2.75) is 56.4 Å². The van der Waals surface area contributed by atoms with Gasteiger partial charge in [0, 0.05) is 23.4 Å². The molecular formula is C29H31NO8. The number of hydrogen-bond donors (Lipinski definition) is 1. The fraction of sp³-hybridized carbons (Fsp3) is 0.517. The SMILES string of the molecule is COc1c2c(cc3c1[C@H]1C(=O)OC[C@H]1[C@H](C(=O)NC1CCCCCC1)[C@@H]3c1ccc3c(c1)OCO3)OCO2. The number of benzene rings is 2. The van der Waals surface area contributed by atoms with E-state index in [4.69, 9.17) is 28.4 Å². The molecule has 2 fully saturated rings. The van der Waals surface area contributed by atoms with Gasteiger partial charge in [0.2, 0.25) is 25.2 Å². The summed E-state index contributed by atoms with van der Waals surface area (Å²) in [5.41, 5.74) is 2.42. The highest BCUT2D eigenvalue weighted by atomic mass is 16.7. The number of esters is 1. The Morgan fingerprint density at radius 1 is 0.895 bits per heavy atom. The van der Waals surface area contributed by atoms with E-state index in [9.17, 15) is 9.59 Å². The minimum Gasteiger partial charge on any atom is -0.492 e. The van der Waals surface area contributed by atoms with Crippen LogP contribution in [-0.2, 0) is 14.3 Å². The second kappa shape index (κ2) is 9.29. The van der Waals surface area contributed by atoms with Gasteiger partial charge >= 0.3 is 5.97 Å². The second-order valence-electron chi connectivity index (χ2n) is 10.7. The van der Waals surface area contributed by atoms with Crippen molar-refractivity contribution in [3.63, 3.8) is 0 Å². The number of nitrogens with one attached hydrogen (secondary N) is 1. The van der Waals surface area contributed by atoms with E-state index in [-0.39, 0.29) is 49.9 Å². The number of carbonyl (C=O) groups is 2. The van der Waals surface area contributed by atoms with Gasteiger partial charge in [0.15, 0.2) is 23.0 Å². The van der Waals surface area contributed by atoms with Gasteiger partial charge in [0.25, 0.3) is 0 Å². The molecule has 0 radical (unpaired) electrons. The average Bonchev–Trinajstić information content (AvgIpc) is 3.63. The predicted octanol–water partition coefficient (Wildman–Crippen LogP) is 4.01. The molecule has 0 aromatic heterocycles. The van der Waals surface area contributed by atoms with Crippen LogP contribution in [-0.4, -0.2) is 45.2 Å². The maximum atomic E-state index is 14.2. The van der Waals surface area contributed by atoms with Gasteiger partial charge in [-0.3, -0.25) is 9.59 Å². The van der Waals surface area contributed by atoms with E-state index in [0.717, 1.165) is 36.8 Å². The van der Waals surface area contributed by atoms with E-state index in [1.807, 2.05) is 24.3 Å². The number of rotatable bonds is 4. The monoisotopic (exact) mass is 521 g/mol. The van der Waals surface area contributed by atoms with Crippen LogP contribution in [0.2, 0.25) is 0 Å². The van der Waals surface area contributed by atoms with Crippen LogP contribution in [0.25, 0.3) is 0 Å². The highest BCUT2D eigenvalue weighted by Gasteiger charge is 2.56. The van der Waals surface area contributed by atoms with Gasteiger partial charge in [-0.15, -0.1) is 0 Å². The molecule has 9 nitrogen and oxygen atoms in total. The second-order valence-corrected chi connectivity index (χ2v) is 10.7. The zero-order valence-electron chi connectivity index (χ0n) is 21.3. The van der Waals surface area contributed by atoms with Crippen LogP contribution < -0.4 is 29.0 Å². The Balaban J connectivity index is 1.39. The van der Waals surface area contributed by atoms with Crippen LogP contribution in [0.3, 0.4) is 0 Å². The van der Waals surface area contributed by atoms with Gasteiger partial charge in [0.05, 0.1) is 25.6 Å². The fourth-order valence-electron chi connectivity index (χ4n) is 7.01. The zero-order chi connectivity index (χ0) is 25.8. The molecular weight excluding hydrogens is 490 g/mol. The van der Waals surface area contributed by atoms with Gasteiger partial charge in [-0.1, -0.05) is 31.7 Å². The van der Waals surface area contributed by atoms with Crippen LogP contribution in [0, 0.1) is 11.8 Å². The van der Waals surface area contributed by atoms with Crippen molar-refractivity contribution >= 4 is 11.9 Å². The first-order valence-electron chi connectivity index (χ1n) is 13.5. The standard InChI is InChI=1S/C29H31NO8/c1-33-27-23-17(11-21-26(27)38-14-37-21)22(15-8-9-19-20(10-15)36-13-35-19)24(18-12-34-29(32)25(18)23)28(31)30-16-6-4-2-3-5-7-16/h8-11,16,18,22,24-25H,2-7,12-14H2,1H3,(H,30,31)/t18-,22+,24-,25-/m0/s1. The third-order valence-electron chi connectivity index (χ3n) is 8.72. The molecule has 3 heterocycles. The number of ether oxygens (including phenoxy) is 6. The molecule has 2 aromatic rings. The Morgan fingerprint density at radius 2 is 1.66 bits per heavy atom. The maximum absolute atomic E-state index is 14.2. The fourth-order valence-corrected chi connectivity index (χ4v) is 7.01. The first kappa shape index (κ1) is 23.5. The smallest absolute Gasteiger partial charge is 0.314 e. The first-order valence-corrected chi connectivity index (χ1v) is 13.5. The van der Waals surface area contributed by atoms with Crippen molar-refractivity contribution in [2.75, 3.05) is 27.3 Å². The summed E-state index contributed by atoms with van der Waals surface area (Å²) in [7, 11) is 1.56. The van der Waals surface area contributed by atoms with Crippen LogP contribution in [0.5, 0.6) is 28.7 Å². The highest BCUT2D eigenvalue weighted by molar-refractivity contribution is 5.89. The van der Waals surface area contributed by atoms with Gasteiger partial charge in [-0.2, -0.15) is 0 Å². The minimum absolute atomic E-state index is 0.0462. The molecule has 7 rings (SSSR count). The summed E-state index contributed by atoms with van der Waals surface area (Å²) in [5.74, 6) is 0.504. The third kappa shape index (κ3) is 3.66. The van der Waals surface area contributed by atoms with Crippen molar-refractivity contribution in [1.29, 1.82) is 0 Å². The Bertz CT molecular complexity index is 1280. The van der Waals surface area contributed by atoms with Crippen molar-refractivity contribution in [3.05, 3.63) is 41.0 Å². The molecule has 2 aliphatic carbocycles. The van der Waals surface area contributed by atoms with Crippen LogP contribution in [0.15, 0.2) is 24.3 Å². The van der Waals surface area contributed by atoms with Crippen LogP contribution in [0.4, 0.5) is 0 Å². The summed E-state index contributed by atoms with van der Waals surface area (Å²) < 4.78 is 34.2. The number of hydrogen-bond acceptors (Lipinski definition) is 8. The van der Waals surface area contributed by atoms with Gasteiger partial charge in [-0.25, -0.2) is 0 Å². The van der Waals surface area contributed by atoms with Gasteiger partial charge < -0.3 is 33.7 Å². The lowest BCUT2D eigenvalue weighted by molar-refractivity contribution is -0.139. The quantitative estimate of drug-likeness (QED) is 0.476. The highest BCUT2D eigenvalue weighted by Crippen LogP contribution is 2.59. The number of fused-ring (bicyclic) bond motifs is 5. The van der Waals surface area contributed by atoms with E-state index in [1.165, 1.54) is 12.8 Å². The normalized spacial score (nSPS) is 27.2. The number of amides is 1. The van der Waals surface area contributed by atoms with Gasteiger partial charge in [0.1, 0.15) is 0 Å². The Kier molecular flexibility index (Phi) is 5.74. The van der Waals surface area contributed by atoms with Crippen molar-refractivity contribution in [2.24, 2.45) is 11.8 Å². The number of methoxy groups -OCH3 is 1. The van der Waals surface area contributed by atoms with E-state index in [1.54, 1.807) is 7.11 Å². The summed E-state index contributed by atoms with van der Waals surface area (Å²) in [6.45, 7) is 0.392. The Labute approximate surface area is 220 Å². The van der Waals surface area contributed by atoms with E-state index >= 15 is 0 Å². The van der Waals surface area contributed by atoms with Crippen molar-refractivity contribution in [1.82, 2.24) is 5.32 Å². The molecule has 2 aromatic carbocycles. The minimum atomic E-state index is -0.635. The molecule has 200 valence electrons. The Morgan fingerprint density at radius 3 is 2.47 bits per heavy atom. The summed E-state index contributed by atoms with van der Waals surface area (Å²) in [6, 6.07) is 7.83. The average molecular weight is 522 g/mol. The predicted molar refractivity (Wildman–Crippen MR) is 134 cm³/mol. The van der Waals surface area contributed by atoms with E-state index in [2.05, 4.69) is 5.32 Å². The maximum Gasteiger partial charge on any atom is 0.314 e. The topological polar surface area (TPSA) is 102 Å². The molecule has 5 aliphatic rings. The van der Waals surface area contributed by atoms with Crippen molar-refractivity contribution in [3.8, 4) is 28.7 Å². The molecule has 3 aliphatic heterocycles. The lowest BCUT2D eigenvalue weighted by Crippen LogP contribution is -2.47. The third-order valence-corrected chi connectivity index (χ3v) is 8.72. The lowest BCUT2D eigenvalue weighted by Gasteiger charge is -2.40. The summed E-state index contributed by atoms with van der Waals surface area (Å²) >= 11 is 0. The zero-order valence-corrected chi connectivity index (χ0v) is 21.3. The van der Waals surface area contributed by atoms with Gasteiger partial charge in [-0.05, 0) is 42.2 Å². The molecule has 0 spiro atoms. The molecule has 1 N–H and O–H groups in total. The van der Waals surface area contributed by atoms with Crippen LogP contribution in [0.1, 0.15) is 67.1 Å². The number of cyclic esters (lactones) is 1. The summed E-state index contributed by atoms with van der Waals surface area (Å²) in [6.07, 6.45) is 6.56. The molecule has 1 saturated heterocycles. The molecule has 1 saturated carbocycles. The lowest BCUT2D eigenvalue weighted by atomic mass is 9.62. The molecule has 4 atom stereocenters. The molecule has 38 heavy (non-hydrogen) atoms. The molecule has 0 bridgehead atoms. The largest absolute Gasteiger partial charge is 0.492 e. The Hall–Kier alpha value is -3.62. The first-order chi connectivity index (χ1) is 18.6. The molecule has 1 amide bonds. The summed E-state index contributed by atoms with van der Waals surface area (Å²) in [4.78, 5) is 27.4. The van der Waals surface area contributed by atoms with Crippen LogP contribution >= 0.6 is 0 Å². The van der Waals surface area contributed by atoms with E-state index in [0.29, 0.717) is 34.3 Å². The van der Waals surface area contributed by atoms with E-state index < -0.39 is 11.8 Å². The van der Waals surface area contributed by atoms with Crippen molar-refractivity contribution < 1.29 is 38.0 Å². The number of carbonyl (C=O) groups excluding carboxylic acids is 2. The molecule has 9 heteroatoms. The summed E-state index contributed by atoms with van der Waals surface area (Å²) in [5, 5.41) is 3.37. The molecule has 0 unspecified atom stereocenters.